The van der Waals surface area contributed by atoms with Crippen LogP contribution < -0.4 is 10.6 Å². The van der Waals surface area contributed by atoms with Crippen LogP contribution in [0.5, 0.6) is 0 Å². The number of halogens is 1. The van der Waals surface area contributed by atoms with Crippen molar-refractivity contribution in [3.8, 4) is 0 Å². The molecule has 2 N–H and O–H groups in total. The van der Waals surface area contributed by atoms with E-state index in [0.717, 1.165) is 17.6 Å². The quantitative estimate of drug-likeness (QED) is 0.870. The fourth-order valence-electron chi connectivity index (χ4n) is 1.36. The molecule has 96 valence electrons. The highest BCUT2D eigenvalue weighted by Crippen LogP contribution is 2.16. The minimum Gasteiger partial charge on any atom is -0.361 e. The lowest BCUT2D eigenvalue weighted by molar-refractivity contribution is 0.617. The van der Waals surface area contributed by atoms with Crippen LogP contribution in [0, 0.1) is 5.82 Å². The summed E-state index contributed by atoms with van der Waals surface area (Å²) in [6.45, 7) is 2.54. The number of aryl methyl sites for hydroxylation is 1. The number of rotatable bonds is 5. The zero-order valence-electron chi connectivity index (χ0n) is 10.2. The van der Waals surface area contributed by atoms with E-state index in [1.54, 1.807) is 18.4 Å². The van der Waals surface area contributed by atoms with Gasteiger partial charge >= 0.3 is 0 Å². The van der Waals surface area contributed by atoms with Crippen LogP contribution in [0.1, 0.15) is 16.8 Å². The van der Waals surface area contributed by atoms with E-state index < -0.39 is 5.82 Å². The van der Waals surface area contributed by atoms with E-state index in [1.807, 2.05) is 6.20 Å². The van der Waals surface area contributed by atoms with Gasteiger partial charge in [0.1, 0.15) is 5.01 Å². The fraction of sp³-hybridized carbons (Fsp3) is 0.364. The van der Waals surface area contributed by atoms with E-state index in [0.29, 0.717) is 12.5 Å². The maximum absolute atomic E-state index is 13.4. The van der Waals surface area contributed by atoms with Crippen LogP contribution in [-0.4, -0.2) is 22.0 Å². The number of anilines is 2. The zero-order valence-corrected chi connectivity index (χ0v) is 11.0. The van der Waals surface area contributed by atoms with Crippen molar-refractivity contribution in [3.05, 3.63) is 28.1 Å². The number of nitrogens with zero attached hydrogens (tertiary/aromatic N) is 3. The molecular formula is C11H14FN5S. The summed E-state index contributed by atoms with van der Waals surface area (Å²) < 4.78 is 13.4. The van der Waals surface area contributed by atoms with Gasteiger partial charge < -0.3 is 10.6 Å². The summed E-state index contributed by atoms with van der Waals surface area (Å²) in [7, 11) is 1.69. The third-order valence-corrected chi connectivity index (χ3v) is 3.47. The Morgan fingerprint density at radius 2 is 2.17 bits per heavy atom. The molecule has 0 aliphatic rings. The fourth-order valence-corrected chi connectivity index (χ4v) is 2.17. The first-order valence-corrected chi connectivity index (χ1v) is 6.42. The van der Waals surface area contributed by atoms with Crippen LogP contribution in [0.3, 0.4) is 0 Å². The number of hydrogen-bond donors (Lipinski definition) is 2. The summed E-state index contributed by atoms with van der Waals surface area (Å²) >= 11 is 1.61. The molecule has 0 aromatic carbocycles. The maximum atomic E-state index is 13.4. The average molecular weight is 267 g/mol. The van der Waals surface area contributed by atoms with Gasteiger partial charge in [0.25, 0.3) is 0 Å². The topological polar surface area (TPSA) is 62.7 Å². The normalized spacial score (nSPS) is 10.4. The number of hydrogen-bond acceptors (Lipinski definition) is 6. The summed E-state index contributed by atoms with van der Waals surface area (Å²) in [5, 5.41) is 6.60. The highest BCUT2D eigenvalue weighted by molar-refractivity contribution is 7.11. The third kappa shape index (κ3) is 2.92. The Hall–Kier alpha value is -1.76. The Bertz CT molecular complexity index is 528. The van der Waals surface area contributed by atoms with Gasteiger partial charge in [0, 0.05) is 18.1 Å². The predicted octanol–water partition coefficient (Wildman–Crippen LogP) is 2.29. The van der Waals surface area contributed by atoms with Crippen molar-refractivity contribution in [1.29, 1.82) is 0 Å². The van der Waals surface area contributed by atoms with E-state index >= 15 is 0 Å². The largest absolute Gasteiger partial charge is 0.361 e. The van der Waals surface area contributed by atoms with Gasteiger partial charge in [-0.1, -0.05) is 6.92 Å². The van der Waals surface area contributed by atoms with E-state index in [4.69, 9.17) is 0 Å². The molecule has 0 aliphatic heterocycles. The predicted molar refractivity (Wildman–Crippen MR) is 70.4 cm³/mol. The SMILES string of the molecule is CCc1cnc(CNc2nc(NC)ncc2F)s1. The zero-order chi connectivity index (χ0) is 13.0. The molecular weight excluding hydrogens is 253 g/mol. The molecule has 0 atom stereocenters. The first kappa shape index (κ1) is 12.7. The molecule has 7 heteroatoms. The van der Waals surface area contributed by atoms with Gasteiger partial charge in [-0.15, -0.1) is 11.3 Å². The van der Waals surface area contributed by atoms with Crippen molar-refractivity contribution in [2.24, 2.45) is 0 Å². The smallest absolute Gasteiger partial charge is 0.224 e. The first-order valence-electron chi connectivity index (χ1n) is 5.60. The van der Waals surface area contributed by atoms with Crippen molar-refractivity contribution in [1.82, 2.24) is 15.0 Å². The highest BCUT2D eigenvalue weighted by Gasteiger charge is 2.07. The van der Waals surface area contributed by atoms with Gasteiger partial charge in [-0.2, -0.15) is 4.98 Å². The second-order valence-corrected chi connectivity index (χ2v) is 4.77. The minimum absolute atomic E-state index is 0.183. The lowest BCUT2D eigenvalue weighted by Gasteiger charge is -2.06. The van der Waals surface area contributed by atoms with Gasteiger partial charge in [-0.05, 0) is 6.42 Å². The molecule has 2 aromatic rings. The van der Waals surface area contributed by atoms with Gasteiger partial charge in [0.05, 0.1) is 12.7 Å². The van der Waals surface area contributed by atoms with Gasteiger partial charge in [0.15, 0.2) is 11.6 Å². The average Bonchev–Trinajstić information content (AvgIpc) is 2.86. The van der Waals surface area contributed by atoms with Crippen molar-refractivity contribution in [2.75, 3.05) is 17.7 Å². The lowest BCUT2D eigenvalue weighted by atomic mass is 10.4. The summed E-state index contributed by atoms with van der Waals surface area (Å²) in [4.78, 5) is 13.2. The third-order valence-electron chi connectivity index (χ3n) is 2.32. The van der Waals surface area contributed by atoms with E-state index in [9.17, 15) is 4.39 Å². The van der Waals surface area contributed by atoms with E-state index in [1.165, 1.54) is 4.88 Å². The molecule has 0 fully saturated rings. The molecule has 18 heavy (non-hydrogen) atoms. The summed E-state index contributed by atoms with van der Waals surface area (Å²) in [6.07, 6.45) is 3.95. The van der Waals surface area contributed by atoms with Crippen molar-refractivity contribution >= 4 is 23.1 Å². The summed E-state index contributed by atoms with van der Waals surface area (Å²) in [6, 6.07) is 0. The molecule has 0 saturated heterocycles. The minimum atomic E-state index is -0.471. The molecule has 2 aromatic heterocycles. The first-order chi connectivity index (χ1) is 8.72. The number of thiazole rings is 1. The lowest BCUT2D eigenvalue weighted by Crippen LogP contribution is -2.06. The van der Waals surface area contributed by atoms with E-state index in [2.05, 4.69) is 32.5 Å². The van der Waals surface area contributed by atoms with Crippen LogP contribution in [0.25, 0.3) is 0 Å². The molecule has 0 unspecified atom stereocenters. The molecule has 0 aliphatic carbocycles. The Morgan fingerprint density at radius 1 is 1.33 bits per heavy atom. The maximum Gasteiger partial charge on any atom is 0.224 e. The van der Waals surface area contributed by atoms with Crippen LogP contribution >= 0.6 is 11.3 Å². The molecule has 0 amide bonds. The molecule has 0 saturated carbocycles. The van der Waals surface area contributed by atoms with Crippen molar-refractivity contribution in [2.45, 2.75) is 19.9 Å². The monoisotopic (exact) mass is 267 g/mol. The van der Waals surface area contributed by atoms with Crippen LogP contribution in [0.2, 0.25) is 0 Å². The Morgan fingerprint density at radius 3 is 2.83 bits per heavy atom. The molecule has 0 radical (unpaired) electrons. The highest BCUT2D eigenvalue weighted by atomic mass is 32.1. The number of aromatic nitrogens is 3. The summed E-state index contributed by atoms with van der Waals surface area (Å²) in [5.41, 5.74) is 0. The Kier molecular flexibility index (Phi) is 4.03. The second-order valence-electron chi connectivity index (χ2n) is 3.57. The van der Waals surface area contributed by atoms with E-state index in [-0.39, 0.29) is 5.82 Å². The summed E-state index contributed by atoms with van der Waals surface area (Å²) in [5.74, 6) is 0.0937. The standard InChI is InChI=1S/C11H14FN5S/c1-3-7-4-14-9(18-7)6-15-10-8(12)5-16-11(13-2)17-10/h4-5H,3,6H2,1-2H3,(H2,13,15,16,17). The molecule has 5 nitrogen and oxygen atoms in total. The van der Waals surface area contributed by atoms with Crippen molar-refractivity contribution in [3.63, 3.8) is 0 Å². The van der Waals surface area contributed by atoms with Crippen molar-refractivity contribution < 1.29 is 4.39 Å². The van der Waals surface area contributed by atoms with Crippen LogP contribution in [0.15, 0.2) is 12.4 Å². The Balaban J connectivity index is 2.05. The van der Waals surface area contributed by atoms with Crippen LogP contribution in [0.4, 0.5) is 16.2 Å². The van der Waals surface area contributed by atoms with Gasteiger partial charge in [0.2, 0.25) is 5.95 Å². The van der Waals surface area contributed by atoms with Crippen LogP contribution in [-0.2, 0) is 13.0 Å². The van der Waals surface area contributed by atoms with Gasteiger partial charge in [-0.3, -0.25) is 0 Å². The molecule has 2 heterocycles. The molecule has 0 spiro atoms. The van der Waals surface area contributed by atoms with Gasteiger partial charge in [-0.25, -0.2) is 14.4 Å². The molecule has 2 rings (SSSR count). The number of nitrogens with one attached hydrogen (secondary N) is 2. The molecule has 0 bridgehead atoms. The second kappa shape index (κ2) is 5.72. The Labute approximate surface area is 109 Å².